The highest BCUT2D eigenvalue weighted by Gasteiger charge is 2.13. The van der Waals surface area contributed by atoms with Gasteiger partial charge in [-0.05, 0) is 72.2 Å². The molecule has 0 radical (unpaired) electrons. The van der Waals surface area contributed by atoms with Gasteiger partial charge in [0.15, 0.2) is 0 Å². The number of amides is 1. The minimum Gasteiger partial charge on any atom is -0.325 e. The SMILES string of the molecule is Cc1ccc(-n2nnnc2SCC(=O)Nc2cc(Cl)ccc2C)cc1C. The maximum atomic E-state index is 12.3. The van der Waals surface area contributed by atoms with Crippen molar-refractivity contribution in [1.82, 2.24) is 20.2 Å². The zero-order chi connectivity index (χ0) is 18.7. The molecule has 1 heterocycles. The number of carbonyl (C=O) groups is 1. The van der Waals surface area contributed by atoms with Gasteiger partial charge in [0.05, 0.1) is 11.4 Å². The number of rotatable bonds is 5. The Morgan fingerprint density at radius 1 is 1.12 bits per heavy atom. The number of nitrogens with one attached hydrogen (secondary N) is 1. The fourth-order valence-corrected chi connectivity index (χ4v) is 3.20. The summed E-state index contributed by atoms with van der Waals surface area (Å²) < 4.78 is 1.63. The van der Waals surface area contributed by atoms with E-state index in [2.05, 4.69) is 27.8 Å². The van der Waals surface area contributed by atoms with Crippen LogP contribution in [0.3, 0.4) is 0 Å². The molecule has 3 rings (SSSR count). The number of halogens is 1. The van der Waals surface area contributed by atoms with Crippen molar-refractivity contribution in [3.8, 4) is 5.69 Å². The first-order valence-corrected chi connectivity index (χ1v) is 9.35. The smallest absolute Gasteiger partial charge is 0.234 e. The largest absolute Gasteiger partial charge is 0.325 e. The molecular formula is C18H18ClN5OS. The lowest BCUT2D eigenvalue weighted by molar-refractivity contribution is -0.113. The average Bonchev–Trinajstić information content (AvgIpc) is 3.07. The third-order valence-corrected chi connectivity index (χ3v) is 5.14. The Balaban J connectivity index is 1.69. The van der Waals surface area contributed by atoms with Crippen LogP contribution in [0, 0.1) is 20.8 Å². The molecule has 6 nitrogen and oxygen atoms in total. The highest BCUT2D eigenvalue weighted by atomic mass is 35.5. The van der Waals surface area contributed by atoms with Crippen LogP contribution in [-0.4, -0.2) is 31.9 Å². The van der Waals surface area contributed by atoms with Crippen molar-refractivity contribution in [2.45, 2.75) is 25.9 Å². The molecule has 1 aromatic heterocycles. The van der Waals surface area contributed by atoms with Gasteiger partial charge in [0, 0.05) is 10.7 Å². The third-order valence-electron chi connectivity index (χ3n) is 3.98. The van der Waals surface area contributed by atoms with E-state index < -0.39 is 0 Å². The molecule has 0 bridgehead atoms. The van der Waals surface area contributed by atoms with Crippen molar-refractivity contribution in [3.05, 3.63) is 58.1 Å². The molecule has 1 amide bonds. The van der Waals surface area contributed by atoms with Crippen LogP contribution in [0.1, 0.15) is 16.7 Å². The third kappa shape index (κ3) is 4.23. The molecular weight excluding hydrogens is 370 g/mol. The quantitative estimate of drug-likeness (QED) is 0.670. The normalized spacial score (nSPS) is 10.8. The Kier molecular flexibility index (Phi) is 5.58. The van der Waals surface area contributed by atoms with E-state index >= 15 is 0 Å². The van der Waals surface area contributed by atoms with Gasteiger partial charge in [0.25, 0.3) is 0 Å². The van der Waals surface area contributed by atoms with E-state index in [9.17, 15) is 4.79 Å². The van der Waals surface area contributed by atoms with Gasteiger partial charge in [-0.3, -0.25) is 4.79 Å². The molecule has 0 aliphatic rings. The lowest BCUT2D eigenvalue weighted by Crippen LogP contribution is -2.15. The first kappa shape index (κ1) is 18.4. The standard InChI is InChI=1S/C18H18ClN5OS/c1-11-5-7-15(8-13(11)3)24-18(21-22-23-24)26-10-17(25)20-16-9-14(19)6-4-12(16)2/h4-9H,10H2,1-3H3,(H,20,25). The molecule has 134 valence electrons. The second-order valence-corrected chi connectivity index (χ2v) is 7.32. The van der Waals surface area contributed by atoms with Crippen LogP contribution in [0.25, 0.3) is 5.69 Å². The van der Waals surface area contributed by atoms with Crippen LogP contribution in [0.2, 0.25) is 5.02 Å². The van der Waals surface area contributed by atoms with Gasteiger partial charge in [0.1, 0.15) is 0 Å². The van der Waals surface area contributed by atoms with Crippen LogP contribution in [0.4, 0.5) is 5.69 Å². The van der Waals surface area contributed by atoms with E-state index in [4.69, 9.17) is 11.6 Å². The molecule has 0 fully saturated rings. The molecule has 3 aromatic rings. The fourth-order valence-electron chi connectivity index (χ4n) is 2.33. The number of anilines is 1. The van der Waals surface area contributed by atoms with Gasteiger partial charge in [-0.1, -0.05) is 35.5 Å². The number of hydrogen-bond donors (Lipinski definition) is 1. The van der Waals surface area contributed by atoms with E-state index in [0.717, 1.165) is 16.8 Å². The first-order chi connectivity index (χ1) is 12.4. The number of aromatic nitrogens is 4. The summed E-state index contributed by atoms with van der Waals surface area (Å²) in [6.07, 6.45) is 0. The van der Waals surface area contributed by atoms with Crippen LogP contribution in [0.15, 0.2) is 41.6 Å². The second kappa shape index (κ2) is 7.88. The van der Waals surface area contributed by atoms with Crippen molar-refractivity contribution >= 4 is 35.0 Å². The minimum atomic E-state index is -0.144. The Hall–Kier alpha value is -2.38. The van der Waals surface area contributed by atoms with Crippen molar-refractivity contribution in [3.63, 3.8) is 0 Å². The maximum absolute atomic E-state index is 12.3. The van der Waals surface area contributed by atoms with Gasteiger partial charge in [-0.2, -0.15) is 4.68 Å². The summed E-state index contributed by atoms with van der Waals surface area (Å²) in [6.45, 7) is 6.01. The predicted molar refractivity (Wildman–Crippen MR) is 104 cm³/mol. The van der Waals surface area contributed by atoms with Gasteiger partial charge >= 0.3 is 0 Å². The number of hydrogen-bond acceptors (Lipinski definition) is 5. The van der Waals surface area contributed by atoms with Crippen molar-refractivity contribution in [2.75, 3.05) is 11.1 Å². The average molecular weight is 388 g/mol. The lowest BCUT2D eigenvalue weighted by Gasteiger charge is -2.09. The summed E-state index contributed by atoms with van der Waals surface area (Å²) in [7, 11) is 0. The molecule has 0 saturated heterocycles. The Labute approximate surface area is 160 Å². The Bertz CT molecular complexity index is 957. The molecule has 0 aliphatic heterocycles. The van der Waals surface area contributed by atoms with E-state index in [1.54, 1.807) is 16.8 Å². The molecule has 0 spiro atoms. The highest BCUT2D eigenvalue weighted by molar-refractivity contribution is 7.99. The topological polar surface area (TPSA) is 72.7 Å². The number of carbonyl (C=O) groups excluding carboxylic acids is 1. The number of aryl methyl sites for hydroxylation is 3. The zero-order valence-electron chi connectivity index (χ0n) is 14.7. The van der Waals surface area contributed by atoms with Crippen LogP contribution < -0.4 is 5.32 Å². The van der Waals surface area contributed by atoms with Crippen molar-refractivity contribution < 1.29 is 4.79 Å². The summed E-state index contributed by atoms with van der Waals surface area (Å²) in [4.78, 5) is 12.3. The minimum absolute atomic E-state index is 0.144. The molecule has 26 heavy (non-hydrogen) atoms. The van der Waals surface area contributed by atoms with Crippen LogP contribution >= 0.6 is 23.4 Å². The van der Waals surface area contributed by atoms with Gasteiger partial charge in [-0.25, -0.2) is 0 Å². The summed E-state index contributed by atoms with van der Waals surface area (Å²) in [5.41, 5.74) is 4.88. The fraction of sp³-hybridized carbons (Fsp3) is 0.222. The summed E-state index contributed by atoms with van der Waals surface area (Å²) >= 11 is 7.26. The van der Waals surface area contributed by atoms with Gasteiger partial charge in [-0.15, -0.1) is 5.10 Å². The summed E-state index contributed by atoms with van der Waals surface area (Å²) in [5.74, 6) is 0.0481. The highest BCUT2D eigenvalue weighted by Crippen LogP contribution is 2.22. The van der Waals surface area contributed by atoms with Gasteiger partial charge < -0.3 is 5.32 Å². The van der Waals surface area contributed by atoms with E-state index in [-0.39, 0.29) is 11.7 Å². The van der Waals surface area contributed by atoms with E-state index in [1.807, 2.05) is 38.1 Å². The molecule has 0 unspecified atom stereocenters. The summed E-state index contributed by atoms with van der Waals surface area (Å²) in [6, 6.07) is 11.4. The molecule has 0 atom stereocenters. The lowest BCUT2D eigenvalue weighted by atomic mass is 10.1. The monoisotopic (exact) mass is 387 g/mol. The van der Waals surface area contributed by atoms with Crippen LogP contribution in [-0.2, 0) is 4.79 Å². The van der Waals surface area contributed by atoms with Gasteiger partial charge in [0.2, 0.25) is 11.1 Å². The molecule has 0 aliphatic carbocycles. The number of nitrogens with zero attached hydrogens (tertiary/aromatic N) is 4. The van der Waals surface area contributed by atoms with Crippen molar-refractivity contribution in [1.29, 1.82) is 0 Å². The molecule has 1 N–H and O–H groups in total. The predicted octanol–water partition coefficient (Wildman–Crippen LogP) is 3.97. The van der Waals surface area contributed by atoms with E-state index in [1.165, 1.54) is 17.3 Å². The van der Waals surface area contributed by atoms with Crippen molar-refractivity contribution in [2.24, 2.45) is 0 Å². The van der Waals surface area contributed by atoms with E-state index in [0.29, 0.717) is 15.9 Å². The van der Waals surface area contributed by atoms with Crippen LogP contribution in [0.5, 0.6) is 0 Å². The molecule has 2 aromatic carbocycles. The maximum Gasteiger partial charge on any atom is 0.234 e. The Morgan fingerprint density at radius 3 is 2.65 bits per heavy atom. The summed E-state index contributed by atoms with van der Waals surface area (Å²) in [5, 5.41) is 15.8. The number of thioether (sulfide) groups is 1. The zero-order valence-corrected chi connectivity index (χ0v) is 16.2. The Morgan fingerprint density at radius 2 is 1.88 bits per heavy atom. The molecule has 8 heteroatoms. The first-order valence-electron chi connectivity index (χ1n) is 7.99. The number of tetrazole rings is 1. The second-order valence-electron chi connectivity index (χ2n) is 5.94. The molecule has 0 saturated carbocycles. The number of benzene rings is 2.